The van der Waals surface area contributed by atoms with Gasteiger partial charge in [-0.1, -0.05) is 24.3 Å². The third-order valence-corrected chi connectivity index (χ3v) is 5.39. The smallest absolute Gasteiger partial charge is 0.356 e. The fourth-order valence-electron chi connectivity index (χ4n) is 3.99. The first-order valence-corrected chi connectivity index (χ1v) is 9.98. The average molecular weight is 525 g/mol. The lowest BCUT2D eigenvalue weighted by molar-refractivity contribution is -0.143. The first-order valence-electron chi connectivity index (χ1n) is 9.98. The minimum absolute atomic E-state index is 0. The summed E-state index contributed by atoms with van der Waals surface area (Å²) in [5.74, 6) is 0.669. The van der Waals surface area contributed by atoms with Crippen LogP contribution in [0.3, 0.4) is 0 Å². The zero-order valence-corrected chi connectivity index (χ0v) is 19.2. The molecule has 1 unspecified atom stereocenters. The lowest BCUT2D eigenvalue weighted by atomic mass is 10.00. The number of aliphatic imine (C=N–C) groups is 1. The summed E-state index contributed by atoms with van der Waals surface area (Å²) < 4.78 is 37.5. The van der Waals surface area contributed by atoms with Gasteiger partial charge in [-0.25, -0.2) is 0 Å². The van der Waals surface area contributed by atoms with Crippen LogP contribution in [0.2, 0.25) is 0 Å². The molecule has 1 saturated heterocycles. The van der Waals surface area contributed by atoms with E-state index in [1.54, 1.807) is 7.05 Å². The number of benzene rings is 1. The van der Waals surface area contributed by atoms with Crippen molar-refractivity contribution in [2.45, 2.75) is 38.0 Å². The quantitative estimate of drug-likeness (QED) is 0.260. The third-order valence-electron chi connectivity index (χ3n) is 5.39. The van der Waals surface area contributed by atoms with Gasteiger partial charge < -0.3 is 10.6 Å². The molecule has 0 aromatic heterocycles. The Kier molecular flexibility index (Phi) is 9.48. The van der Waals surface area contributed by atoms with Crippen molar-refractivity contribution in [3.63, 3.8) is 0 Å². The van der Waals surface area contributed by atoms with E-state index in [1.807, 2.05) is 0 Å². The molecule has 0 spiro atoms. The van der Waals surface area contributed by atoms with Gasteiger partial charge in [-0.15, -0.1) is 24.0 Å². The van der Waals surface area contributed by atoms with Crippen LogP contribution in [0.25, 0.3) is 0 Å². The van der Waals surface area contributed by atoms with Gasteiger partial charge in [0.05, 0.1) is 6.54 Å². The number of alkyl halides is 3. The summed E-state index contributed by atoms with van der Waals surface area (Å²) in [7, 11) is 1.69. The van der Waals surface area contributed by atoms with Gasteiger partial charge in [0, 0.05) is 52.4 Å². The molecule has 0 radical (unpaired) electrons. The molecule has 5 nitrogen and oxygen atoms in total. The Morgan fingerprint density at radius 2 is 1.93 bits per heavy atom. The molecule has 2 aliphatic heterocycles. The number of hydrogen-bond acceptors (Lipinski definition) is 3. The van der Waals surface area contributed by atoms with Crippen LogP contribution in [-0.2, 0) is 13.0 Å². The summed E-state index contributed by atoms with van der Waals surface area (Å²) in [4.78, 5) is 8.11. The maximum atomic E-state index is 12.5. The summed E-state index contributed by atoms with van der Waals surface area (Å²) in [6.07, 6.45) is -1.34. The largest absolute Gasteiger partial charge is 0.401 e. The van der Waals surface area contributed by atoms with Crippen LogP contribution in [0, 0.1) is 0 Å². The molecule has 29 heavy (non-hydrogen) atoms. The molecule has 9 heteroatoms. The average Bonchev–Trinajstić information content (AvgIpc) is 3.09. The number of nitrogens with zero attached hydrogens (tertiary/aromatic N) is 3. The maximum absolute atomic E-state index is 12.5. The zero-order valence-electron chi connectivity index (χ0n) is 16.8. The van der Waals surface area contributed by atoms with Crippen LogP contribution >= 0.6 is 24.0 Å². The van der Waals surface area contributed by atoms with Gasteiger partial charge in [-0.2, -0.15) is 13.2 Å². The summed E-state index contributed by atoms with van der Waals surface area (Å²) in [5, 5.41) is 6.54. The van der Waals surface area contributed by atoms with E-state index in [0.717, 1.165) is 39.0 Å². The Hall–Kier alpha value is -1.07. The maximum Gasteiger partial charge on any atom is 0.401 e. The molecule has 2 heterocycles. The van der Waals surface area contributed by atoms with E-state index in [1.165, 1.54) is 16.0 Å². The van der Waals surface area contributed by atoms with Crippen LogP contribution in [0.1, 0.15) is 24.0 Å². The standard InChI is InChI=1S/C20H30F3N5.HI/c1-24-19(26-18-8-12-28(14-18)15-20(21,22)23)25-9-4-10-27-11-7-16-5-2-3-6-17(16)13-27;/h2-3,5-6,18H,4,7-15H2,1H3,(H2,24,25,26);1H. The van der Waals surface area contributed by atoms with Crippen LogP contribution in [-0.4, -0.2) is 74.3 Å². The second kappa shape index (κ2) is 11.4. The molecule has 2 aliphatic rings. The molecular formula is C20H31F3IN5. The number of hydrogen-bond donors (Lipinski definition) is 2. The lowest BCUT2D eigenvalue weighted by Gasteiger charge is -2.28. The monoisotopic (exact) mass is 525 g/mol. The molecule has 3 rings (SSSR count). The topological polar surface area (TPSA) is 42.9 Å². The van der Waals surface area contributed by atoms with Gasteiger partial charge in [-0.3, -0.25) is 14.8 Å². The Morgan fingerprint density at radius 3 is 2.66 bits per heavy atom. The molecule has 0 amide bonds. The van der Waals surface area contributed by atoms with E-state index in [0.29, 0.717) is 25.5 Å². The number of fused-ring (bicyclic) bond motifs is 1. The normalized spacial score (nSPS) is 20.8. The van der Waals surface area contributed by atoms with Crippen LogP contribution in [0.5, 0.6) is 0 Å². The van der Waals surface area contributed by atoms with E-state index >= 15 is 0 Å². The van der Waals surface area contributed by atoms with Gasteiger partial charge >= 0.3 is 6.18 Å². The molecule has 1 aromatic rings. The van der Waals surface area contributed by atoms with Crippen molar-refractivity contribution in [2.75, 3.05) is 46.3 Å². The predicted molar refractivity (Wildman–Crippen MR) is 121 cm³/mol. The molecule has 164 valence electrons. The Morgan fingerprint density at radius 1 is 1.17 bits per heavy atom. The van der Waals surface area contributed by atoms with Crippen molar-refractivity contribution in [3.8, 4) is 0 Å². The molecule has 1 fully saturated rings. The van der Waals surface area contributed by atoms with Crippen molar-refractivity contribution in [1.82, 2.24) is 20.4 Å². The Bertz CT molecular complexity index is 668. The molecule has 1 aromatic carbocycles. The predicted octanol–water partition coefficient (Wildman–Crippen LogP) is 2.85. The molecular weight excluding hydrogens is 494 g/mol. The minimum atomic E-state index is -4.14. The van der Waals surface area contributed by atoms with Crippen molar-refractivity contribution in [3.05, 3.63) is 35.4 Å². The van der Waals surface area contributed by atoms with Crippen LogP contribution in [0.4, 0.5) is 13.2 Å². The summed E-state index contributed by atoms with van der Waals surface area (Å²) in [6.45, 7) is 3.91. The minimum Gasteiger partial charge on any atom is -0.356 e. The third kappa shape index (κ3) is 7.93. The van der Waals surface area contributed by atoms with E-state index in [4.69, 9.17) is 0 Å². The summed E-state index contributed by atoms with van der Waals surface area (Å²) >= 11 is 0. The van der Waals surface area contributed by atoms with Gasteiger partial charge in [0.1, 0.15) is 0 Å². The lowest BCUT2D eigenvalue weighted by Crippen LogP contribution is -2.45. The highest BCUT2D eigenvalue weighted by atomic mass is 127. The SMILES string of the molecule is CN=C(NCCCN1CCc2ccccc2C1)NC1CCN(CC(F)(F)F)C1.I. The fraction of sp³-hybridized carbons (Fsp3) is 0.650. The van der Waals surface area contributed by atoms with Crippen molar-refractivity contribution in [1.29, 1.82) is 0 Å². The molecule has 0 bridgehead atoms. The highest BCUT2D eigenvalue weighted by Gasteiger charge is 2.34. The van der Waals surface area contributed by atoms with E-state index < -0.39 is 12.7 Å². The Balaban J connectivity index is 0.00000300. The molecule has 0 aliphatic carbocycles. The van der Waals surface area contributed by atoms with E-state index in [9.17, 15) is 13.2 Å². The second-order valence-corrected chi connectivity index (χ2v) is 7.63. The van der Waals surface area contributed by atoms with E-state index in [2.05, 4.69) is 44.8 Å². The zero-order chi connectivity index (χ0) is 20.0. The first-order chi connectivity index (χ1) is 13.4. The number of nitrogens with one attached hydrogen (secondary N) is 2. The van der Waals surface area contributed by atoms with Gasteiger partial charge in [-0.05, 0) is 30.4 Å². The number of guanidine groups is 1. The van der Waals surface area contributed by atoms with Crippen molar-refractivity contribution in [2.24, 2.45) is 4.99 Å². The fourth-order valence-corrected chi connectivity index (χ4v) is 3.99. The number of likely N-dealkylation sites (tertiary alicyclic amines) is 1. The van der Waals surface area contributed by atoms with Gasteiger partial charge in [0.2, 0.25) is 0 Å². The van der Waals surface area contributed by atoms with E-state index in [-0.39, 0.29) is 30.0 Å². The first kappa shape index (κ1) is 24.2. The molecule has 1 atom stereocenters. The van der Waals surface area contributed by atoms with Crippen molar-refractivity contribution < 1.29 is 13.2 Å². The summed E-state index contributed by atoms with van der Waals surface area (Å²) in [5.41, 5.74) is 2.88. The number of halogens is 4. The molecule has 0 saturated carbocycles. The van der Waals surface area contributed by atoms with Crippen LogP contribution in [0.15, 0.2) is 29.3 Å². The van der Waals surface area contributed by atoms with Gasteiger partial charge in [0.25, 0.3) is 0 Å². The van der Waals surface area contributed by atoms with Crippen molar-refractivity contribution >= 4 is 29.9 Å². The highest BCUT2D eigenvalue weighted by molar-refractivity contribution is 14.0. The van der Waals surface area contributed by atoms with Crippen LogP contribution < -0.4 is 10.6 Å². The Labute approximate surface area is 188 Å². The summed E-state index contributed by atoms with van der Waals surface area (Å²) in [6, 6.07) is 8.62. The highest BCUT2D eigenvalue weighted by Crippen LogP contribution is 2.20. The molecule has 2 N–H and O–H groups in total. The van der Waals surface area contributed by atoms with Gasteiger partial charge in [0.15, 0.2) is 5.96 Å². The number of rotatable bonds is 6. The second-order valence-electron chi connectivity index (χ2n) is 7.63.